The molecule has 5 rings (SSSR count). The Hall–Kier alpha value is -3.29. The van der Waals surface area contributed by atoms with E-state index in [1.54, 1.807) is 33.7 Å². The molecule has 0 spiro atoms. The molecule has 3 aromatic heterocycles. The molecule has 4 heterocycles. The number of nitrogens with zero attached hydrogens (tertiary/aromatic N) is 3. The van der Waals surface area contributed by atoms with E-state index in [9.17, 15) is 9.59 Å². The van der Waals surface area contributed by atoms with Crippen LogP contribution in [0.5, 0.6) is 0 Å². The van der Waals surface area contributed by atoms with Crippen LogP contribution in [0.1, 0.15) is 12.6 Å². The minimum atomic E-state index is -0.191. The summed E-state index contributed by atoms with van der Waals surface area (Å²) >= 11 is 0. The van der Waals surface area contributed by atoms with Crippen LogP contribution >= 0.6 is 0 Å². The fourth-order valence-corrected chi connectivity index (χ4v) is 3.56. The summed E-state index contributed by atoms with van der Waals surface area (Å²) in [7, 11) is 0. The summed E-state index contributed by atoms with van der Waals surface area (Å²) in [6.07, 6.45) is 4.18. The molecule has 7 nitrogen and oxygen atoms in total. The van der Waals surface area contributed by atoms with Crippen LogP contribution in [0.3, 0.4) is 0 Å². The number of hydrazine groups is 1. The van der Waals surface area contributed by atoms with Crippen molar-refractivity contribution in [2.45, 2.75) is 12.6 Å². The molecule has 0 amide bonds. The summed E-state index contributed by atoms with van der Waals surface area (Å²) in [4.78, 5) is 30.5. The predicted octanol–water partition coefficient (Wildman–Crippen LogP) is 1.70. The Balaban J connectivity index is 1.76. The maximum atomic E-state index is 13.0. The van der Waals surface area contributed by atoms with Gasteiger partial charge in [-0.2, -0.15) is 0 Å². The third-order valence-electron chi connectivity index (χ3n) is 4.95. The van der Waals surface area contributed by atoms with Gasteiger partial charge in [0.2, 0.25) is 0 Å². The topological polar surface area (TPSA) is 81.0 Å². The van der Waals surface area contributed by atoms with Gasteiger partial charge in [-0.05, 0) is 36.8 Å². The van der Waals surface area contributed by atoms with E-state index in [4.69, 9.17) is 0 Å². The number of rotatable bonds is 2. The SMILES string of the molecule is O=c1c2cc3c(=O)n(C4CCNN4)ccc3nc2ccn1-c1ccccc1. The minimum Gasteiger partial charge on any atom is -0.298 e. The van der Waals surface area contributed by atoms with Gasteiger partial charge in [0, 0.05) is 24.6 Å². The maximum Gasteiger partial charge on any atom is 0.264 e. The number of nitrogens with one attached hydrogen (secondary N) is 2. The summed E-state index contributed by atoms with van der Waals surface area (Å²) in [6.45, 7) is 0.799. The number of hydrogen-bond donors (Lipinski definition) is 2. The molecular formula is C20H17N5O2. The van der Waals surface area contributed by atoms with Crippen molar-refractivity contribution in [3.05, 3.63) is 81.6 Å². The van der Waals surface area contributed by atoms with Gasteiger partial charge in [-0.1, -0.05) is 18.2 Å². The minimum absolute atomic E-state index is 0.102. The molecule has 1 fully saturated rings. The van der Waals surface area contributed by atoms with Crippen LogP contribution in [0.25, 0.3) is 27.5 Å². The van der Waals surface area contributed by atoms with Crippen LogP contribution in [-0.2, 0) is 0 Å². The lowest BCUT2D eigenvalue weighted by Gasteiger charge is -2.14. The van der Waals surface area contributed by atoms with Gasteiger partial charge in [-0.3, -0.25) is 24.1 Å². The molecule has 1 saturated heterocycles. The third kappa shape index (κ3) is 2.56. The zero-order valence-electron chi connectivity index (χ0n) is 14.4. The second-order valence-electron chi connectivity index (χ2n) is 6.58. The predicted molar refractivity (Wildman–Crippen MR) is 104 cm³/mol. The molecule has 0 radical (unpaired) electrons. The average Bonchev–Trinajstić information content (AvgIpc) is 3.23. The van der Waals surface area contributed by atoms with Gasteiger partial charge in [-0.15, -0.1) is 0 Å². The van der Waals surface area contributed by atoms with Gasteiger partial charge in [0.15, 0.2) is 0 Å². The van der Waals surface area contributed by atoms with E-state index >= 15 is 0 Å². The van der Waals surface area contributed by atoms with Crippen molar-refractivity contribution in [2.75, 3.05) is 6.54 Å². The number of aromatic nitrogens is 3. The van der Waals surface area contributed by atoms with Crippen molar-refractivity contribution in [3.63, 3.8) is 0 Å². The summed E-state index contributed by atoms with van der Waals surface area (Å²) in [5.74, 6) is 0. The largest absolute Gasteiger partial charge is 0.298 e. The molecule has 4 aromatic rings. The van der Waals surface area contributed by atoms with Crippen LogP contribution in [0.2, 0.25) is 0 Å². The van der Waals surface area contributed by atoms with E-state index in [1.807, 2.05) is 36.4 Å². The molecule has 0 bridgehead atoms. The van der Waals surface area contributed by atoms with Gasteiger partial charge in [-0.25, -0.2) is 10.4 Å². The molecule has 1 unspecified atom stereocenters. The van der Waals surface area contributed by atoms with Crippen LogP contribution in [0, 0.1) is 0 Å². The van der Waals surface area contributed by atoms with Crippen molar-refractivity contribution >= 4 is 21.8 Å². The number of fused-ring (bicyclic) bond motifs is 2. The number of hydrogen-bond acceptors (Lipinski definition) is 5. The molecule has 27 heavy (non-hydrogen) atoms. The Kier molecular flexibility index (Phi) is 3.63. The first-order chi connectivity index (χ1) is 13.2. The fraction of sp³-hybridized carbons (Fsp3) is 0.150. The molecule has 0 aliphatic carbocycles. The van der Waals surface area contributed by atoms with Crippen LogP contribution < -0.4 is 22.0 Å². The molecule has 2 N–H and O–H groups in total. The molecule has 1 aromatic carbocycles. The lowest BCUT2D eigenvalue weighted by Crippen LogP contribution is -2.34. The van der Waals surface area contributed by atoms with Gasteiger partial charge in [0.25, 0.3) is 11.1 Å². The highest BCUT2D eigenvalue weighted by Crippen LogP contribution is 2.17. The molecule has 7 heteroatoms. The molecule has 0 saturated carbocycles. The highest BCUT2D eigenvalue weighted by molar-refractivity contribution is 5.91. The Labute approximate surface area is 153 Å². The van der Waals surface area contributed by atoms with Crippen molar-refractivity contribution in [2.24, 2.45) is 0 Å². The Morgan fingerprint density at radius 2 is 1.67 bits per heavy atom. The maximum absolute atomic E-state index is 13.0. The molecule has 1 atom stereocenters. The molecule has 134 valence electrons. The quantitative estimate of drug-likeness (QED) is 0.533. The van der Waals surface area contributed by atoms with E-state index in [1.165, 1.54) is 0 Å². The molecule has 1 aliphatic heterocycles. The Bertz CT molecular complexity index is 1270. The number of pyridine rings is 3. The van der Waals surface area contributed by atoms with Crippen molar-refractivity contribution in [1.29, 1.82) is 0 Å². The second-order valence-corrected chi connectivity index (χ2v) is 6.58. The number of para-hydroxylation sites is 1. The lowest BCUT2D eigenvalue weighted by molar-refractivity contribution is 0.432. The van der Waals surface area contributed by atoms with E-state index < -0.39 is 0 Å². The lowest BCUT2D eigenvalue weighted by atomic mass is 10.1. The monoisotopic (exact) mass is 359 g/mol. The smallest absolute Gasteiger partial charge is 0.264 e. The fourth-order valence-electron chi connectivity index (χ4n) is 3.56. The van der Waals surface area contributed by atoms with E-state index in [0.717, 1.165) is 18.7 Å². The summed E-state index contributed by atoms with van der Waals surface area (Å²) in [5, 5.41) is 0.878. The van der Waals surface area contributed by atoms with E-state index in [2.05, 4.69) is 15.8 Å². The third-order valence-corrected chi connectivity index (χ3v) is 4.95. The zero-order chi connectivity index (χ0) is 18.4. The molecule has 1 aliphatic rings. The first-order valence-electron chi connectivity index (χ1n) is 8.83. The van der Waals surface area contributed by atoms with Crippen LogP contribution in [-0.4, -0.2) is 20.7 Å². The second kappa shape index (κ2) is 6.15. The number of benzene rings is 1. The zero-order valence-corrected chi connectivity index (χ0v) is 14.4. The van der Waals surface area contributed by atoms with Crippen LogP contribution in [0.4, 0.5) is 0 Å². The van der Waals surface area contributed by atoms with Gasteiger partial charge in [0.1, 0.15) is 6.17 Å². The Morgan fingerprint density at radius 1 is 0.926 bits per heavy atom. The van der Waals surface area contributed by atoms with Crippen LogP contribution in [0.15, 0.2) is 70.5 Å². The van der Waals surface area contributed by atoms with E-state index in [-0.39, 0.29) is 17.3 Å². The standard InChI is InChI=1S/C20H17N5O2/c26-19-14-12-15-17(8-11-25(20(15)27)18-6-9-21-23-18)22-16(14)7-10-24(19)13-4-2-1-3-5-13/h1-5,7-8,10-12,18,21,23H,6,9H2. The normalized spacial score (nSPS) is 17.0. The van der Waals surface area contributed by atoms with Crippen molar-refractivity contribution in [1.82, 2.24) is 25.0 Å². The van der Waals surface area contributed by atoms with Gasteiger partial charge >= 0.3 is 0 Å². The first kappa shape index (κ1) is 15.9. The summed E-state index contributed by atoms with van der Waals surface area (Å²) < 4.78 is 3.22. The summed E-state index contributed by atoms with van der Waals surface area (Å²) in [5.41, 5.74) is 7.71. The summed E-state index contributed by atoms with van der Waals surface area (Å²) in [6, 6.07) is 14.7. The first-order valence-corrected chi connectivity index (χ1v) is 8.83. The highest BCUT2D eigenvalue weighted by Gasteiger charge is 2.18. The van der Waals surface area contributed by atoms with Crippen molar-refractivity contribution in [3.8, 4) is 5.69 Å². The van der Waals surface area contributed by atoms with Gasteiger partial charge in [0.05, 0.1) is 21.8 Å². The average molecular weight is 359 g/mol. The van der Waals surface area contributed by atoms with E-state index in [0.29, 0.717) is 21.8 Å². The molecular weight excluding hydrogens is 342 g/mol. The van der Waals surface area contributed by atoms with Gasteiger partial charge < -0.3 is 0 Å². The Morgan fingerprint density at radius 3 is 2.41 bits per heavy atom. The van der Waals surface area contributed by atoms with Crippen molar-refractivity contribution < 1.29 is 0 Å². The highest BCUT2D eigenvalue weighted by atomic mass is 16.1.